The second-order valence-electron chi connectivity index (χ2n) is 7.84. The van der Waals surface area contributed by atoms with Gasteiger partial charge >= 0.3 is 0 Å². The van der Waals surface area contributed by atoms with E-state index in [9.17, 15) is 14.0 Å². The van der Waals surface area contributed by atoms with Crippen LogP contribution < -0.4 is 16.4 Å². The Bertz CT molecular complexity index is 1090. The summed E-state index contributed by atoms with van der Waals surface area (Å²) in [6.45, 7) is 3.86. The molecule has 0 saturated heterocycles. The lowest BCUT2D eigenvalue weighted by Gasteiger charge is -2.22. The summed E-state index contributed by atoms with van der Waals surface area (Å²) in [5.74, 6) is -0.843. The number of nitrogens with one attached hydrogen (secondary N) is 2. The van der Waals surface area contributed by atoms with Crippen molar-refractivity contribution in [3.8, 4) is 10.4 Å². The van der Waals surface area contributed by atoms with Crippen LogP contribution in [0.15, 0.2) is 54.6 Å². The lowest BCUT2D eigenvalue weighted by Crippen LogP contribution is -2.52. The third kappa shape index (κ3) is 6.94. The van der Waals surface area contributed by atoms with Crippen molar-refractivity contribution in [1.82, 2.24) is 15.6 Å². The highest BCUT2D eigenvalue weighted by atomic mass is 32.1. The molecule has 8 heteroatoms. The predicted molar refractivity (Wildman–Crippen MR) is 129 cm³/mol. The van der Waals surface area contributed by atoms with Crippen molar-refractivity contribution in [2.75, 3.05) is 6.54 Å². The van der Waals surface area contributed by atoms with Crippen molar-refractivity contribution in [2.24, 2.45) is 5.73 Å². The summed E-state index contributed by atoms with van der Waals surface area (Å²) in [5.41, 5.74) is 8.47. The monoisotopic (exact) mass is 468 g/mol. The summed E-state index contributed by atoms with van der Waals surface area (Å²) in [7, 11) is 0. The van der Waals surface area contributed by atoms with Crippen LogP contribution in [-0.4, -0.2) is 35.4 Å². The molecule has 2 atom stereocenters. The summed E-state index contributed by atoms with van der Waals surface area (Å²) < 4.78 is 13.7. The topological polar surface area (TPSA) is 97.1 Å². The Kier molecular flexibility index (Phi) is 8.68. The fraction of sp³-hybridized carbons (Fsp3) is 0.320. The van der Waals surface area contributed by atoms with Crippen LogP contribution in [0.4, 0.5) is 4.39 Å². The van der Waals surface area contributed by atoms with Gasteiger partial charge in [-0.25, -0.2) is 9.37 Å². The molecular formula is C25H29FN4O2S. The van der Waals surface area contributed by atoms with Crippen LogP contribution in [0, 0.1) is 12.7 Å². The first kappa shape index (κ1) is 24.5. The van der Waals surface area contributed by atoms with E-state index < -0.39 is 6.04 Å². The van der Waals surface area contributed by atoms with E-state index in [0.717, 1.165) is 21.7 Å². The maximum Gasteiger partial charge on any atom is 0.243 e. The summed E-state index contributed by atoms with van der Waals surface area (Å²) >= 11 is 1.40. The van der Waals surface area contributed by atoms with Crippen molar-refractivity contribution < 1.29 is 14.0 Å². The summed E-state index contributed by atoms with van der Waals surface area (Å²) in [6.07, 6.45) is 1.10. The van der Waals surface area contributed by atoms with E-state index in [0.29, 0.717) is 11.4 Å². The second kappa shape index (κ2) is 11.7. The minimum Gasteiger partial charge on any atom is -0.350 e. The quantitative estimate of drug-likeness (QED) is 0.425. The molecular weight excluding hydrogens is 439 g/mol. The Morgan fingerprint density at radius 1 is 1.09 bits per heavy atom. The summed E-state index contributed by atoms with van der Waals surface area (Å²) in [4.78, 5) is 30.7. The molecule has 2 aromatic carbocycles. The highest BCUT2D eigenvalue weighted by Gasteiger charge is 2.25. The van der Waals surface area contributed by atoms with Gasteiger partial charge in [-0.3, -0.25) is 9.59 Å². The highest BCUT2D eigenvalue weighted by Crippen LogP contribution is 2.31. The normalized spacial score (nSPS) is 12.7. The third-order valence-electron chi connectivity index (χ3n) is 5.24. The number of halogens is 1. The zero-order valence-electron chi connectivity index (χ0n) is 18.8. The molecule has 2 amide bonds. The van der Waals surface area contributed by atoms with Crippen molar-refractivity contribution in [3.05, 3.63) is 76.7 Å². The van der Waals surface area contributed by atoms with Crippen LogP contribution in [0.5, 0.6) is 0 Å². The Balaban J connectivity index is 1.76. The van der Waals surface area contributed by atoms with E-state index in [2.05, 4.69) is 15.6 Å². The van der Waals surface area contributed by atoms with E-state index in [1.807, 2.05) is 43.3 Å². The van der Waals surface area contributed by atoms with Gasteiger partial charge in [0.25, 0.3) is 0 Å². The molecule has 33 heavy (non-hydrogen) atoms. The summed E-state index contributed by atoms with van der Waals surface area (Å²) in [5, 5.41) is 6.47. The van der Waals surface area contributed by atoms with Crippen LogP contribution >= 0.6 is 11.3 Å². The maximum atomic E-state index is 13.7. The number of aromatic nitrogens is 1. The van der Waals surface area contributed by atoms with Gasteiger partial charge in [0, 0.05) is 25.4 Å². The Morgan fingerprint density at radius 2 is 1.85 bits per heavy atom. The first-order chi connectivity index (χ1) is 15.9. The molecule has 3 aromatic rings. The van der Waals surface area contributed by atoms with E-state index in [1.54, 1.807) is 13.0 Å². The number of nitrogens with zero attached hydrogens (tertiary/aromatic N) is 1. The number of nitrogens with two attached hydrogens (primary N) is 1. The standard InChI is InChI=1S/C25H29FN4O2S/c1-3-22(31)30-21(25(32)29-20(15-27)12-17-8-5-4-6-9-17)14-23-28-16(2)24(33-23)18-10-7-11-19(26)13-18/h4-11,13,20-21H,3,12,14-15,27H2,1-2H3,(H,29,32)(H,30,31)/t20-,21-/m0/s1. The van der Waals surface area contributed by atoms with Crippen molar-refractivity contribution in [1.29, 1.82) is 0 Å². The zero-order chi connectivity index (χ0) is 23.8. The largest absolute Gasteiger partial charge is 0.350 e. The summed E-state index contributed by atoms with van der Waals surface area (Å²) in [6, 6.07) is 15.1. The molecule has 6 nitrogen and oxygen atoms in total. The molecule has 0 bridgehead atoms. The van der Waals surface area contributed by atoms with Gasteiger partial charge in [0.1, 0.15) is 11.9 Å². The second-order valence-corrected chi connectivity index (χ2v) is 8.92. The van der Waals surface area contributed by atoms with Gasteiger partial charge in [0.05, 0.1) is 15.6 Å². The Morgan fingerprint density at radius 3 is 2.52 bits per heavy atom. The maximum absolute atomic E-state index is 13.7. The van der Waals surface area contributed by atoms with Gasteiger partial charge in [-0.2, -0.15) is 0 Å². The van der Waals surface area contributed by atoms with Gasteiger partial charge in [-0.1, -0.05) is 49.4 Å². The first-order valence-corrected chi connectivity index (χ1v) is 11.8. The van der Waals surface area contributed by atoms with Crippen LogP contribution in [-0.2, 0) is 22.4 Å². The fourth-order valence-corrected chi connectivity index (χ4v) is 4.62. The highest BCUT2D eigenvalue weighted by molar-refractivity contribution is 7.15. The number of aryl methyl sites for hydroxylation is 1. The van der Waals surface area contributed by atoms with Gasteiger partial charge in [-0.05, 0) is 36.6 Å². The van der Waals surface area contributed by atoms with E-state index in [1.165, 1.54) is 23.5 Å². The van der Waals surface area contributed by atoms with Gasteiger partial charge < -0.3 is 16.4 Å². The average molecular weight is 469 g/mol. The Hall–Kier alpha value is -3.10. The SMILES string of the molecule is CCC(=O)N[C@@H](Cc1nc(C)c(-c2cccc(F)c2)s1)C(=O)N[C@H](CN)Cc1ccccc1. The fourth-order valence-electron chi connectivity index (χ4n) is 3.51. The minimum atomic E-state index is -0.784. The molecule has 174 valence electrons. The first-order valence-electron chi connectivity index (χ1n) is 11.0. The molecule has 0 radical (unpaired) electrons. The molecule has 0 unspecified atom stereocenters. The van der Waals surface area contributed by atoms with E-state index in [4.69, 9.17) is 5.73 Å². The van der Waals surface area contributed by atoms with Crippen LogP contribution in [0.1, 0.15) is 29.6 Å². The van der Waals surface area contributed by atoms with Crippen molar-refractivity contribution in [2.45, 2.75) is 45.2 Å². The van der Waals surface area contributed by atoms with E-state index >= 15 is 0 Å². The Labute approximate surface area is 197 Å². The molecule has 1 heterocycles. The zero-order valence-corrected chi connectivity index (χ0v) is 19.6. The average Bonchev–Trinajstić information content (AvgIpc) is 3.18. The molecule has 0 aliphatic rings. The van der Waals surface area contributed by atoms with Crippen LogP contribution in [0.3, 0.4) is 0 Å². The molecule has 3 rings (SSSR count). The molecule has 0 saturated carbocycles. The molecule has 4 N–H and O–H groups in total. The number of amides is 2. The minimum absolute atomic E-state index is 0.221. The smallest absolute Gasteiger partial charge is 0.243 e. The van der Waals surface area contributed by atoms with Gasteiger partial charge in [-0.15, -0.1) is 11.3 Å². The van der Waals surface area contributed by atoms with Crippen LogP contribution in [0.25, 0.3) is 10.4 Å². The van der Waals surface area contributed by atoms with Crippen molar-refractivity contribution in [3.63, 3.8) is 0 Å². The van der Waals surface area contributed by atoms with Gasteiger partial charge in [0.15, 0.2) is 0 Å². The van der Waals surface area contributed by atoms with E-state index in [-0.39, 0.29) is 43.1 Å². The number of hydrogen-bond acceptors (Lipinski definition) is 5. The lowest BCUT2D eigenvalue weighted by atomic mass is 10.1. The molecule has 0 spiro atoms. The molecule has 0 aliphatic heterocycles. The van der Waals surface area contributed by atoms with Gasteiger partial charge in [0.2, 0.25) is 11.8 Å². The number of rotatable bonds is 10. The molecule has 0 fully saturated rings. The van der Waals surface area contributed by atoms with Crippen molar-refractivity contribution >= 4 is 23.2 Å². The molecule has 0 aliphatic carbocycles. The van der Waals surface area contributed by atoms with Crippen LogP contribution in [0.2, 0.25) is 0 Å². The lowest BCUT2D eigenvalue weighted by molar-refractivity contribution is -0.129. The third-order valence-corrected chi connectivity index (χ3v) is 6.46. The number of benzene rings is 2. The number of carbonyl (C=O) groups is 2. The number of thiazole rings is 1. The molecule has 1 aromatic heterocycles. The predicted octanol–water partition coefficient (Wildman–Crippen LogP) is 3.38. The number of carbonyl (C=O) groups excluding carboxylic acids is 2. The number of hydrogen-bond donors (Lipinski definition) is 3.